The number of aromatic nitrogens is 2. The molecule has 1 N–H and O–H groups in total. The highest BCUT2D eigenvalue weighted by Crippen LogP contribution is 2.35. The molecule has 1 atom stereocenters. The monoisotopic (exact) mass is 366 g/mol. The van der Waals surface area contributed by atoms with Crippen LogP contribution in [0.15, 0.2) is 29.3 Å². The molecule has 1 aromatic carbocycles. The van der Waals surface area contributed by atoms with E-state index in [1.165, 1.54) is 10.9 Å². The van der Waals surface area contributed by atoms with Crippen molar-refractivity contribution in [3.8, 4) is 11.5 Å². The van der Waals surface area contributed by atoms with Gasteiger partial charge in [-0.05, 0) is 38.7 Å². The van der Waals surface area contributed by atoms with Gasteiger partial charge in [-0.3, -0.25) is 4.68 Å². The molecule has 0 saturated carbocycles. The Kier molecular flexibility index (Phi) is 4.72. The lowest BCUT2D eigenvalue weighted by Crippen LogP contribution is -2.34. The zero-order valence-corrected chi connectivity index (χ0v) is 15.5. The largest absolute Gasteiger partial charge is 0.454 e. The van der Waals surface area contributed by atoms with Crippen molar-refractivity contribution in [2.45, 2.75) is 17.9 Å². The standard InChI is InChI=1S/C16H22N4O4S/c1-11-16(9-20(4)18-11)25(21,22)17-8-13(19(2)3)12-5-6-14-15(7-12)24-10-23-14/h5-7,9,13,17H,8,10H2,1-4H3. The van der Waals surface area contributed by atoms with Crippen LogP contribution >= 0.6 is 0 Å². The fourth-order valence-electron chi connectivity index (χ4n) is 2.83. The minimum Gasteiger partial charge on any atom is -0.454 e. The average Bonchev–Trinajstić information content (AvgIpc) is 3.12. The Bertz CT molecular complexity index is 876. The summed E-state index contributed by atoms with van der Waals surface area (Å²) in [6.07, 6.45) is 1.50. The smallest absolute Gasteiger partial charge is 0.244 e. The molecular formula is C16H22N4O4S. The van der Waals surface area contributed by atoms with Crippen LogP contribution in [0.5, 0.6) is 11.5 Å². The first-order valence-corrected chi connectivity index (χ1v) is 9.32. The van der Waals surface area contributed by atoms with Gasteiger partial charge in [0.1, 0.15) is 4.90 Å². The van der Waals surface area contributed by atoms with E-state index in [1.54, 1.807) is 14.0 Å². The van der Waals surface area contributed by atoms with Gasteiger partial charge in [0.15, 0.2) is 11.5 Å². The lowest BCUT2D eigenvalue weighted by atomic mass is 10.1. The summed E-state index contributed by atoms with van der Waals surface area (Å²) in [5.74, 6) is 1.38. The van der Waals surface area contributed by atoms with Gasteiger partial charge in [-0.25, -0.2) is 13.1 Å². The number of nitrogens with zero attached hydrogens (tertiary/aromatic N) is 3. The highest BCUT2D eigenvalue weighted by atomic mass is 32.2. The summed E-state index contributed by atoms with van der Waals surface area (Å²) in [6.45, 7) is 2.11. The average molecular weight is 366 g/mol. The third-order valence-corrected chi connectivity index (χ3v) is 5.66. The molecule has 0 radical (unpaired) electrons. The van der Waals surface area contributed by atoms with E-state index >= 15 is 0 Å². The molecule has 2 aromatic rings. The van der Waals surface area contributed by atoms with Gasteiger partial charge >= 0.3 is 0 Å². The van der Waals surface area contributed by atoms with E-state index < -0.39 is 10.0 Å². The van der Waals surface area contributed by atoms with Gasteiger partial charge in [-0.15, -0.1) is 0 Å². The van der Waals surface area contributed by atoms with Crippen molar-refractivity contribution in [2.24, 2.45) is 7.05 Å². The minimum absolute atomic E-state index is 0.152. The van der Waals surface area contributed by atoms with Crippen molar-refractivity contribution in [1.82, 2.24) is 19.4 Å². The molecular weight excluding hydrogens is 344 g/mol. The molecule has 0 spiro atoms. The maximum absolute atomic E-state index is 12.6. The Morgan fingerprint density at radius 1 is 1.32 bits per heavy atom. The van der Waals surface area contributed by atoms with Crippen LogP contribution in [0.3, 0.4) is 0 Å². The molecule has 8 nitrogen and oxygen atoms in total. The van der Waals surface area contributed by atoms with Crippen molar-refractivity contribution < 1.29 is 17.9 Å². The van der Waals surface area contributed by atoms with Crippen LogP contribution in [-0.2, 0) is 17.1 Å². The Morgan fingerprint density at radius 2 is 2.04 bits per heavy atom. The fraction of sp³-hybridized carbons (Fsp3) is 0.438. The van der Waals surface area contributed by atoms with Gasteiger partial charge in [0.05, 0.1) is 5.69 Å². The number of ether oxygens (including phenoxy) is 2. The number of likely N-dealkylation sites (N-methyl/N-ethyl adjacent to an activating group) is 1. The van der Waals surface area contributed by atoms with Crippen LogP contribution in [0, 0.1) is 6.92 Å². The fourth-order valence-corrected chi connectivity index (χ4v) is 4.08. The Hall–Kier alpha value is -2.10. The van der Waals surface area contributed by atoms with Crippen LogP contribution in [0.25, 0.3) is 0 Å². The first-order valence-electron chi connectivity index (χ1n) is 7.84. The first-order chi connectivity index (χ1) is 11.8. The predicted molar refractivity (Wildman–Crippen MR) is 92.1 cm³/mol. The summed E-state index contributed by atoms with van der Waals surface area (Å²) in [6, 6.07) is 5.49. The summed E-state index contributed by atoms with van der Waals surface area (Å²) < 4.78 is 40.1. The van der Waals surface area contributed by atoms with Crippen molar-refractivity contribution >= 4 is 10.0 Å². The van der Waals surface area contributed by atoms with Crippen molar-refractivity contribution in [2.75, 3.05) is 27.4 Å². The Labute approximate surface area is 147 Å². The maximum atomic E-state index is 12.6. The Balaban J connectivity index is 1.80. The van der Waals surface area contributed by atoms with Crippen LogP contribution in [0.1, 0.15) is 17.3 Å². The van der Waals surface area contributed by atoms with E-state index in [9.17, 15) is 8.42 Å². The van der Waals surface area contributed by atoms with Gasteiger partial charge in [-0.1, -0.05) is 6.07 Å². The zero-order valence-electron chi connectivity index (χ0n) is 14.7. The van der Waals surface area contributed by atoms with Gasteiger partial charge in [-0.2, -0.15) is 5.10 Å². The molecule has 0 amide bonds. The van der Waals surface area contributed by atoms with Gasteiger partial charge in [0, 0.05) is 25.8 Å². The van der Waals surface area contributed by atoms with Crippen LogP contribution in [-0.4, -0.2) is 50.5 Å². The lowest BCUT2D eigenvalue weighted by Gasteiger charge is -2.25. The molecule has 0 aliphatic carbocycles. The number of sulfonamides is 1. The molecule has 25 heavy (non-hydrogen) atoms. The van der Waals surface area contributed by atoms with E-state index in [-0.39, 0.29) is 24.3 Å². The van der Waals surface area contributed by atoms with E-state index in [4.69, 9.17) is 9.47 Å². The summed E-state index contributed by atoms with van der Waals surface area (Å²) in [5, 5.41) is 4.09. The molecule has 1 aromatic heterocycles. The second-order valence-corrected chi connectivity index (χ2v) is 7.93. The van der Waals surface area contributed by atoms with Crippen molar-refractivity contribution in [3.63, 3.8) is 0 Å². The number of aryl methyl sites for hydroxylation is 2. The Morgan fingerprint density at radius 3 is 2.68 bits per heavy atom. The van der Waals surface area contributed by atoms with Gasteiger partial charge in [0.2, 0.25) is 16.8 Å². The van der Waals surface area contributed by atoms with E-state index in [0.717, 1.165) is 5.56 Å². The number of nitrogens with one attached hydrogen (secondary N) is 1. The summed E-state index contributed by atoms with van der Waals surface area (Å²) >= 11 is 0. The molecule has 2 heterocycles. The SMILES string of the molecule is Cc1nn(C)cc1S(=O)(=O)NCC(c1ccc2c(c1)OCO2)N(C)C. The van der Waals surface area contributed by atoms with Gasteiger partial charge < -0.3 is 14.4 Å². The highest BCUT2D eigenvalue weighted by Gasteiger charge is 2.24. The molecule has 1 unspecified atom stereocenters. The highest BCUT2D eigenvalue weighted by molar-refractivity contribution is 7.89. The van der Waals surface area contributed by atoms with Crippen LogP contribution in [0.2, 0.25) is 0 Å². The molecule has 136 valence electrons. The summed E-state index contributed by atoms with van der Waals surface area (Å²) in [5.41, 5.74) is 1.42. The molecule has 3 rings (SSSR count). The normalized spacial score (nSPS) is 14.9. The van der Waals surface area contributed by atoms with E-state index in [2.05, 4.69) is 9.82 Å². The van der Waals surface area contributed by atoms with E-state index in [0.29, 0.717) is 17.2 Å². The zero-order chi connectivity index (χ0) is 18.2. The van der Waals surface area contributed by atoms with Crippen molar-refractivity contribution in [3.05, 3.63) is 35.7 Å². The molecule has 0 fully saturated rings. The number of hydrogen-bond acceptors (Lipinski definition) is 6. The molecule has 1 aliphatic heterocycles. The molecule has 0 bridgehead atoms. The predicted octanol–water partition coefficient (Wildman–Crippen LogP) is 1.04. The quantitative estimate of drug-likeness (QED) is 0.822. The molecule has 0 saturated heterocycles. The number of rotatable bonds is 6. The number of fused-ring (bicyclic) bond motifs is 1. The van der Waals surface area contributed by atoms with E-state index in [1.807, 2.05) is 37.2 Å². The van der Waals surface area contributed by atoms with Crippen LogP contribution in [0.4, 0.5) is 0 Å². The third kappa shape index (κ3) is 3.63. The van der Waals surface area contributed by atoms with Gasteiger partial charge in [0.25, 0.3) is 0 Å². The summed E-state index contributed by atoms with van der Waals surface area (Å²) in [7, 11) is 1.86. The second-order valence-electron chi connectivity index (χ2n) is 6.20. The molecule has 9 heteroatoms. The summed E-state index contributed by atoms with van der Waals surface area (Å²) in [4.78, 5) is 2.15. The lowest BCUT2D eigenvalue weighted by molar-refractivity contribution is 0.174. The number of benzene rings is 1. The van der Waals surface area contributed by atoms with Crippen LogP contribution < -0.4 is 14.2 Å². The maximum Gasteiger partial charge on any atom is 0.244 e. The third-order valence-electron chi connectivity index (χ3n) is 4.13. The first kappa shape index (κ1) is 17.7. The second kappa shape index (κ2) is 6.66. The topological polar surface area (TPSA) is 85.7 Å². The van der Waals surface area contributed by atoms with Crippen molar-refractivity contribution in [1.29, 1.82) is 0 Å². The minimum atomic E-state index is -3.63. The molecule has 1 aliphatic rings. The number of hydrogen-bond donors (Lipinski definition) is 1.